The Kier molecular flexibility index (Phi) is 25.4. The zero-order valence-corrected chi connectivity index (χ0v) is 36.4. The van der Waals surface area contributed by atoms with E-state index in [2.05, 4.69) is 55.4 Å². The van der Waals surface area contributed by atoms with Gasteiger partial charge in [-0.25, -0.2) is 0 Å². The second-order valence-electron chi connectivity index (χ2n) is 13.7. The molecule has 0 heterocycles. The molecule has 2 N–H and O–H groups in total. The Morgan fingerprint density at radius 1 is 0.291 bits per heavy atom. The largest absolute Gasteiger partial charge is 0.501 e. The van der Waals surface area contributed by atoms with E-state index >= 15 is 0 Å². The molecule has 2 rings (SSSR count). The van der Waals surface area contributed by atoms with Gasteiger partial charge in [-0.2, -0.15) is 0 Å². The van der Waals surface area contributed by atoms with Crippen molar-refractivity contribution in [3.05, 3.63) is 0 Å². The number of phenolic OH excluding ortho intramolecular Hbond substituents is 2. The first-order valence-corrected chi connectivity index (χ1v) is 22.3. The van der Waals surface area contributed by atoms with Crippen LogP contribution in [0.3, 0.4) is 0 Å². The third-order valence-corrected chi connectivity index (χ3v) is 9.82. The molecule has 0 fully saturated rings. The maximum atomic E-state index is 12.0. The average Bonchev–Trinajstić information content (AvgIpc) is 3.18. The van der Waals surface area contributed by atoms with Crippen LogP contribution < -0.4 is 37.9 Å². The Labute approximate surface area is 337 Å². The maximum absolute atomic E-state index is 12.0. The fourth-order valence-electron chi connectivity index (χ4n) is 5.15. The fourth-order valence-corrected chi connectivity index (χ4v) is 6.33. The predicted octanol–water partition coefficient (Wildman–Crippen LogP) is 12.7. The van der Waals surface area contributed by atoms with Gasteiger partial charge in [-0.15, -0.1) is 0 Å². The first-order valence-electron chi connectivity index (χ1n) is 21.5. The molecular formula is C44H74O10S. The van der Waals surface area contributed by atoms with Gasteiger partial charge in [0.05, 0.1) is 52.9 Å². The Morgan fingerprint density at radius 2 is 0.455 bits per heavy atom. The highest BCUT2D eigenvalue weighted by atomic mass is 32.2. The van der Waals surface area contributed by atoms with Crippen LogP contribution in [0.4, 0.5) is 0 Å². The molecule has 0 radical (unpaired) electrons. The van der Waals surface area contributed by atoms with Gasteiger partial charge in [0.15, 0.2) is 23.0 Å². The van der Waals surface area contributed by atoms with Crippen LogP contribution in [0.2, 0.25) is 0 Å². The van der Waals surface area contributed by atoms with E-state index in [1.807, 2.05) is 0 Å². The number of hydrogen-bond acceptors (Lipinski definition) is 11. The van der Waals surface area contributed by atoms with Gasteiger partial charge in [-0.05, 0) is 51.4 Å². The molecule has 0 amide bonds. The molecule has 0 saturated carbocycles. The quantitative estimate of drug-likeness (QED) is 0.0660. The topological polar surface area (TPSA) is 114 Å². The summed E-state index contributed by atoms with van der Waals surface area (Å²) < 4.78 is 52.0. The summed E-state index contributed by atoms with van der Waals surface area (Å²) in [4.78, 5) is 1.10. The van der Waals surface area contributed by atoms with E-state index < -0.39 is 0 Å². The van der Waals surface area contributed by atoms with Gasteiger partial charge in [0.25, 0.3) is 0 Å². The van der Waals surface area contributed by atoms with Gasteiger partial charge in [0, 0.05) is 0 Å². The maximum Gasteiger partial charge on any atom is 0.208 e. The van der Waals surface area contributed by atoms with Crippen LogP contribution in [0, 0.1) is 0 Å². The summed E-state index contributed by atoms with van der Waals surface area (Å²) in [6.45, 7) is 19.9. The van der Waals surface area contributed by atoms with Crippen molar-refractivity contribution < 1.29 is 48.1 Å². The Hall–Kier alpha value is -3.21. The lowest BCUT2D eigenvalue weighted by molar-refractivity contribution is 0.216. The van der Waals surface area contributed by atoms with Gasteiger partial charge in [0.1, 0.15) is 9.79 Å². The first kappa shape index (κ1) is 47.9. The van der Waals surface area contributed by atoms with Gasteiger partial charge >= 0.3 is 0 Å². The van der Waals surface area contributed by atoms with E-state index in [1.165, 1.54) is 11.8 Å². The van der Waals surface area contributed by atoms with Crippen molar-refractivity contribution in [3.8, 4) is 57.5 Å². The molecule has 2 aromatic rings. The van der Waals surface area contributed by atoms with Crippen molar-refractivity contribution in [2.45, 2.75) is 168 Å². The number of phenols is 2. The van der Waals surface area contributed by atoms with Crippen molar-refractivity contribution in [2.24, 2.45) is 0 Å². The Morgan fingerprint density at radius 3 is 0.618 bits per heavy atom. The zero-order chi connectivity index (χ0) is 40.3. The second-order valence-corrected chi connectivity index (χ2v) is 14.7. The number of unbranched alkanes of at least 4 members (excludes halogenated alkanes) is 8. The van der Waals surface area contributed by atoms with E-state index in [1.54, 1.807) is 0 Å². The lowest BCUT2D eigenvalue weighted by atomic mass is 10.2. The predicted molar refractivity (Wildman–Crippen MR) is 224 cm³/mol. The van der Waals surface area contributed by atoms with Gasteiger partial charge in [0.2, 0.25) is 34.5 Å². The molecule has 0 saturated heterocycles. The number of aromatic hydroxyl groups is 2. The second kappa shape index (κ2) is 29.1. The number of hydrogen-bond donors (Lipinski definition) is 2. The van der Waals surface area contributed by atoms with E-state index in [-0.39, 0.29) is 34.5 Å². The molecular weight excluding hydrogens is 721 g/mol. The summed E-state index contributed by atoms with van der Waals surface area (Å²) in [6.07, 6.45) is 13.6. The molecule has 0 aromatic heterocycles. The molecule has 0 aliphatic heterocycles. The summed E-state index contributed by atoms with van der Waals surface area (Å²) in [5, 5.41) is 23.9. The number of ether oxygens (including phenoxy) is 8. The summed E-state index contributed by atoms with van der Waals surface area (Å²) in [6, 6.07) is 0. The molecule has 0 aliphatic rings. The van der Waals surface area contributed by atoms with Crippen molar-refractivity contribution in [1.29, 1.82) is 0 Å². The fraction of sp³-hybridized carbons (Fsp3) is 0.727. The van der Waals surface area contributed by atoms with Gasteiger partial charge in [-0.1, -0.05) is 119 Å². The Bertz CT molecular complexity index is 1150. The molecule has 316 valence electrons. The summed E-state index contributed by atoms with van der Waals surface area (Å²) in [5.41, 5.74) is 0. The summed E-state index contributed by atoms with van der Waals surface area (Å²) in [5.74, 6) is 1.97. The average molecular weight is 795 g/mol. The zero-order valence-electron chi connectivity index (χ0n) is 35.5. The third kappa shape index (κ3) is 15.3. The smallest absolute Gasteiger partial charge is 0.208 e. The molecule has 11 heteroatoms. The molecule has 0 bridgehead atoms. The number of rotatable bonds is 34. The molecule has 0 spiro atoms. The van der Waals surface area contributed by atoms with Crippen molar-refractivity contribution in [2.75, 3.05) is 52.9 Å². The number of benzene rings is 2. The highest BCUT2D eigenvalue weighted by molar-refractivity contribution is 7.99. The van der Waals surface area contributed by atoms with Crippen molar-refractivity contribution >= 4 is 11.8 Å². The van der Waals surface area contributed by atoms with Gasteiger partial charge in [-0.3, -0.25) is 0 Å². The van der Waals surface area contributed by atoms with E-state index in [4.69, 9.17) is 37.9 Å². The Balaban J connectivity index is 3.19. The molecule has 0 atom stereocenters. The van der Waals surface area contributed by atoms with E-state index in [0.717, 1.165) is 103 Å². The minimum Gasteiger partial charge on any atom is -0.501 e. The van der Waals surface area contributed by atoms with Crippen LogP contribution in [-0.4, -0.2) is 63.1 Å². The highest BCUT2D eigenvalue weighted by Crippen LogP contribution is 2.63. The van der Waals surface area contributed by atoms with E-state index in [0.29, 0.717) is 85.6 Å². The standard InChI is InChI=1S/C44H74O10S/c1-9-17-25-47-35-33(45)36(48-26-18-10-2)40(52-30-22-14-6)43(39(35)51-29-21-13-5)55-44-41(53-31-23-15-7)37(49-27-19-11-3)34(46)38(50-28-20-12-4)42(44)54-32-24-16-8/h45-46H,9-32H2,1-8H3. The monoisotopic (exact) mass is 795 g/mol. The van der Waals surface area contributed by atoms with Crippen molar-refractivity contribution in [1.82, 2.24) is 0 Å². The van der Waals surface area contributed by atoms with Gasteiger partial charge < -0.3 is 48.1 Å². The van der Waals surface area contributed by atoms with E-state index in [9.17, 15) is 10.2 Å². The first-order chi connectivity index (χ1) is 26.9. The molecule has 0 unspecified atom stereocenters. The van der Waals surface area contributed by atoms with Crippen LogP contribution in [0.1, 0.15) is 158 Å². The lowest BCUT2D eigenvalue weighted by Crippen LogP contribution is -2.10. The third-order valence-electron chi connectivity index (χ3n) is 8.67. The van der Waals surface area contributed by atoms with Crippen LogP contribution in [0.5, 0.6) is 57.5 Å². The SMILES string of the molecule is CCCCOc1c(O)c(OCCCC)c(OCCCC)c(Sc2c(OCCCC)c(OCCCC)c(O)c(OCCCC)c2OCCCC)c1OCCCC. The van der Waals surface area contributed by atoms with Crippen LogP contribution in [-0.2, 0) is 0 Å². The van der Waals surface area contributed by atoms with Crippen LogP contribution in [0.25, 0.3) is 0 Å². The lowest BCUT2D eigenvalue weighted by Gasteiger charge is -2.26. The summed E-state index contributed by atoms with van der Waals surface area (Å²) >= 11 is 1.31. The molecule has 0 aliphatic carbocycles. The highest BCUT2D eigenvalue weighted by Gasteiger charge is 2.35. The summed E-state index contributed by atoms with van der Waals surface area (Å²) in [7, 11) is 0. The normalized spacial score (nSPS) is 11.1. The molecule has 10 nitrogen and oxygen atoms in total. The molecule has 2 aromatic carbocycles. The van der Waals surface area contributed by atoms with Crippen LogP contribution >= 0.6 is 11.8 Å². The minimum atomic E-state index is -0.147. The minimum absolute atomic E-state index is 0.147. The van der Waals surface area contributed by atoms with Crippen LogP contribution in [0.15, 0.2) is 9.79 Å². The van der Waals surface area contributed by atoms with Crippen molar-refractivity contribution in [3.63, 3.8) is 0 Å². The molecule has 55 heavy (non-hydrogen) atoms.